The summed E-state index contributed by atoms with van der Waals surface area (Å²) >= 11 is 0. The largest absolute Gasteiger partial charge is 0.389 e. The third kappa shape index (κ3) is 3.22. The van der Waals surface area contributed by atoms with E-state index in [1.165, 1.54) is 0 Å². The van der Waals surface area contributed by atoms with Crippen molar-refractivity contribution in [2.75, 3.05) is 13.6 Å². The number of rotatable bonds is 4. The van der Waals surface area contributed by atoms with Gasteiger partial charge in [0.25, 0.3) is 0 Å². The van der Waals surface area contributed by atoms with Crippen molar-refractivity contribution in [1.29, 1.82) is 0 Å². The SMILES string of the molecule is CN(CC1(O)CCCC1)S(=O)(=O)c1c(F)cc(F)cc1F. The molecule has 4 nitrogen and oxygen atoms in total. The van der Waals surface area contributed by atoms with Crippen molar-refractivity contribution in [1.82, 2.24) is 4.31 Å². The molecule has 0 spiro atoms. The van der Waals surface area contributed by atoms with Gasteiger partial charge in [-0.3, -0.25) is 0 Å². The zero-order valence-electron chi connectivity index (χ0n) is 11.4. The van der Waals surface area contributed by atoms with Gasteiger partial charge in [0.2, 0.25) is 10.0 Å². The number of nitrogens with zero attached hydrogens (tertiary/aromatic N) is 1. The molecule has 1 aromatic carbocycles. The van der Waals surface area contributed by atoms with Crippen molar-refractivity contribution in [3.63, 3.8) is 0 Å². The van der Waals surface area contributed by atoms with E-state index in [0.29, 0.717) is 29.3 Å². The second-order valence-electron chi connectivity index (χ2n) is 5.39. The minimum atomic E-state index is -4.49. The highest BCUT2D eigenvalue weighted by atomic mass is 32.2. The fourth-order valence-corrected chi connectivity index (χ4v) is 3.95. The summed E-state index contributed by atoms with van der Waals surface area (Å²) in [4.78, 5) is -1.20. The highest BCUT2D eigenvalue weighted by Crippen LogP contribution is 2.32. The first-order chi connectivity index (χ1) is 9.66. The molecule has 2 rings (SSSR count). The van der Waals surface area contributed by atoms with Gasteiger partial charge < -0.3 is 5.11 Å². The summed E-state index contributed by atoms with van der Waals surface area (Å²) in [6, 6.07) is 0.627. The molecule has 0 aromatic heterocycles. The topological polar surface area (TPSA) is 57.6 Å². The van der Waals surface area contributed by atoms with E-state index in [1.807, 2.05) is 0 Å². The van der Waals surface area contributed by atoms with Gasteiger partial charge in [0.05, 0.1) is 5.60 Å². The van der Waals surface area contributed by atoms with E-state index in [4.69, 9.17) is 0 Å². The zero-order valence-corrected chi connectivity index (χ0v) is 12.3. The summed E-state index contributed by atoms with van der Waals surface area (Å²) in [5.74, 6) is -4.17. The molecule has 1 aliphatic rings. The van der Waals surface area contributed by atoms with Crippen molar-refractivity contribution in [2.24, 2.45) is 0 Å². The van der Waals surface area contributed by atoms with Crippen molar-refractivity contribution < 1.29 is 26.7 Å². The van der Waals surface area contributed by atoms with Gasteiger partial charge in [-0.15, -0.1) is 0 Å². The van der Waals surface area contributed by atoms with Gasteiger partial charge in [0.15, 0.2) is 4.90 Å². The van der Waals surface area contributed by atoms with Crippen LogP contribution in [-0.4, -0.2) is 37.0 Å². The minimum Gasteiger partial charge on any atom is -0.389 e. The Balaban J connectivity index is 2.34. The Hall–Kier alpha value is -1.12. The average Bonchev–Trinajstić information content (AvgIpc) is 2.73. The molecule has 118 valence electrons. The standard InChI is InChI=1S/C13H16F3NO3S/c1-17(8-13(18)4-2-3-5-13)21(19,20)12-10(15)6-9(14)7-11(12)16/h6-7,18H,2-5,8H2,1H3. The second kappa shape index (κ2) is 5.58. The average molecular weight is 323 g/mol. The van der Waals surface area contributed by atoms with E-state index < -0.39 is 38.0 Å². The van der Waals surface area contributed by atoms with Crippen molar-refractivity contribution in [2.45, 2.75) is 36.2 Å². The maximum absolute atomic E-state index is 13.6. The summed E-state index contributed by atoms with van der Waals surface area (Å²) in [6.07, 6.45) is 2.40. The molecule has 21 heavy (non-hydrogen) atoms. The lowest BCUT2D eigenvalue weighted by molar-refractivity contribution is 0.0332. The van der Waals surface area contributed by atoms with Gasteiger partial charge in [0, 0.05) is 25.7 Å². The first-order valence-corrected chi connectivity index (χ1v) is 7.93. The molecule has 1 fully saturated rings. The van der Waals surface area contributed by atoms with Crippen molar-refractivity contribution >= 4 is 10.0 Å². The number of likely N-dealkylation sites (N-methyl/N-ethyl adjacent to an activating group) is 1. The van der Waals surface area contributed by atoms with Crippen LogP contribution in [0.2, 0.25) is 0 Å². The van der Waals surface area contributed by atoms with Crippen LogP contribution in [0.15, 0.2) is 17.0 Å². The quantitative estimate of drug-likeness (QED) is 0.922. The van der Waals surface area contributed by atoms with E-state index in [-0.39, 0.29) is 6.54 Å². The van der Waals surface area contributed by atoms with E-state index >= 15 is 0 Å². The fourth-order valence-electron chi connectivity index (χ4n) is 2.62. The van der Waals surface area contributed by atoms with E-state index in [9.17, 15) is 26.7 Å². The summed E-state index contributed by atoms with van der Waals surface area (Å²) in [7, 11) is -3.35. The molecule has 0 aliphatic heterocycles. The molecule has 0 saturated heterocycles. The van der Waals surface area contributed by atoms with Crippen LogP contribution in [0.25, 0.3) is 0 Å². The molecule has 0 bridgehead atoms. The molecule has 0 atom stereocenters. The molecule has 1 saturated carbocycles. The van der Waals surface area contributed by atoms with Gasteiger partial charge in [-0.05, 0) is 12.8 Å². The number of hydrogen-bond donors (Lipinski definition) is 1. The molecule has 1 N–H and O–H groups in total. The second-order valence-corrected chi connectivity index (χ2v) is 7.37. The van der Waals surface area contributed by atoms with Crippen LogP contribution < -0.4 is 0 Å². The van der Waals surface area contributed by atoms with Crippen LogP contribution in [0.4, 0.5) is 13.2 Å². The van der Waals surface area contributed by atoms with Gasteiger partial charge in [-0.2, -0.15) is 4.31 Å². The minimum absolute atomic E-state index is 0.258. The number of halogens is 3. The third-order valence-electron chi connectivity index (χ3n) is 3.68. The van der Waals surface area contributed by atoms with E-state index in [1.54, 1.807) is 0 Å². The maximum atomic E-state index is 13.6. The van der Waals surface area contributed by atoms with Crippen molar-refractivity contribution in [3.05, 3.63) is 29.6 Å². The summed E-state index contributed by atoms with van der Waals surface area (Å²) in [6.45, 7) is -0.258. The maximum Gasteiger partial charge on any atom is 0.248 e. The molecule has 1 aromatic rings. The number of hydrogen-bond acceptors (Lipinski definition) is 3. The van der Waals surface area contributed by atoms with Gasteiger partial charge >= 0.3 is 0 Å². The van der Waals surface area contributed by atoms with Crippen molar-refractivity contribution in [3.8, 4) is 0 Å². The molecule has 0 heterocycles. The number of sulfonamides is 1. The number of benzene rings is 1. The normalized spacial score (nSPS) is 18.4. The first-order valence-electron chi connectivity index (χ1n) is 6.49. The molecule has 1 aliphatic carbocycles. The Kier molecular flexibility index (Phi) is 4.32. The van der Waals surface area contributed by atoms with Gasteiger partial charge in [0.1, 0.15) is 17.5 Å². The Morgan fingerprint density at radius 3 is 2.14 bits per heavy atom. The number of aliphatic hydroxyl groups is 1. The zero-order chi connectivity index (χ0) is 15.8. The summed E-state index contributed by atoms with van der Waals surface area (Å²) < 4.78 is 65.3. The van der Waals surface area contributed by atoms with Gasteiger partial charge in [-0.1, -0.05) is 12.8 Å². The summed E-state index contributed by atoms with van der Waals surface area (Å²) in [5.41, 5.74) is -1.19. The Bertz CT molecular complexity index is 619. The third-order valence-corrected chi connectivity index (χ3v) is 5.54. The predicted octanol–water partition coefficient (Wildman–Crippen LogP) is 2.03. The molecular formula is C13H16F3NO3S. The van der Waals surface area contributed by atoms with Crippen LogP contribution in [0.3, 0.4) is 0 Å². The highest BCUT2D eigenvalue weighted by Gasteiger charge is 2.37. The Morgan fingerprint density at radius 1 is 1.19 bits per heavy atom. The van der Waals surface area contributed by atoms with Crippen LogP contribution in [0.5, 0.6) is 0 Å². The lowest BCUT2D eigenvalue weighted by Gasteiger charge is -2.28. The van der Waals surface area contributed by atoms with Crippen LogP contribution in [0.1, 0.15) is 25.7 Å². The van der Waals surface area contributed by atoms with Crippen LogP contribution in [0, 0.1) is 17.5 Å². The molecule has 0 amide bonds. The highest BCUT2D eigenvalue weighted by molar-refractivity contribution is 7.89. The smallest absolute Gasteiger partial charge is 0.248 e. The molecular weight excluding hydrogens is 307 g/mol. The lowest BCUT2D eigenvalue weighted by atomic mass is 10.0. The molecule has 8 heteroatoms. The Morgan fingerprint density at radius 2 is 1.67 bits per heavy atom. The van der Waals surface area contributed by atoms with E-state index in [0.717, 1.165) is 19.9 Å². The van der Waals surface area contributed by atoms with E-state index in [2.05, 4.69) is 0 Å². The van der Waals surface area contributed by atoms with Gasteiger partial charge in [-0.25, -0.2) is 21.6 Å². The Labute approximate surface area is 121 Å². The first kappa shape index (κ1) is 16.3. The fraction of sp³-hybridized carbons (Fsp3) is 0.538. The molecule has 0 radical (unpaired) electrons. The molecule has 0 unspecified atom stereocenters. The van der Waals surface area contributed by atoms with Crippen LogP contribution >= 0.6 is 0 Å². The lowest BCUT2D eigenvalue weighted by Crippen LogP contribution is -2.42. The predicted molar refractivity (Wildman–Crippen MR) is 69.5 cm³/mol. The monoisotopic (exact) mass is 323 g/mol. The summed E-state index contributed by atoms with van der Waals surface area (Å²) in [5, 5.41) is 10.2. The van der Waals surface area contributed by atoms with Crippen LogP contribution in [-0.2, 0) is 10.0 Å².